The number of benzene rings is 1. The van der Waals surface area contributed by atoms with Crippen molar-refractivity contribution in [2.45, 2.75) is 26.3 Å². The number of hydrogen-bond acceptors (Lipinski definition) is 2. The van der Waals surface area contributed by atoms with Gasteiger partial charge in [0.25, 0.3) is 0 Å². The number of rotatable bonds is 7. The predicted molar refractivity (Wildman–Crippen MR) is 103 cm³/mol. The Kier molecular flexibility index (Phi) is 11.5. The minimum absolute atomic E-state index is 0. The molecule has 1 aromatic rings. The number of hydrogen-bond donors (Lipinski definition) is 2. The van der Waals surface area contributed by atoms with Crippen LogP contribution in [0.2, 0.25) is 0 Å². The number of carbonyl (C=O) groups excluding carboxylic acids is 1. The van der Waals surface area contributed by atoms with Crippen LogP contribution in [0.4, 0.5) is 0 Å². The van der Waals surface area contributed by atoms with Crippen LogP contribution < -0.4 is 10.6 Å². The number of guanidine groups is 1. The third-order valence-corrected chi connectivity index (χ3v) is 3.16. The van der Waals surface area contributed by atoms with E-state index in [4.69, 9.17) is 0 Å². The van der Waals surface area contributed by atoms with Crippen LogP contribution in [0.5, 0.6) is 0 Å². The van der Waals surface area contributed by atoms with E-state index < -0.39 is 0 Å². The van der Waals surface area contributed by atoms with Gasteiger partial charge < -0.3 is 15.5 Å². The monoisotopic (exact) mass is 418 g/mol. The second-order valence-electron chi connectivity index (χ2n) is 4.94. The molecule has 0 aliphatic heterocycles. The second-order valence-corrected chi connectivity index (χ2v) is 4.94. The smallest absolute Gasteiger partial charge is 0.239 e. The number of unbranched alkanes of at least 4 members (excludes halogenated alkanes) is 1. The van der Waals surface area contributed by atoms with Crippen molar-refractivity contribution in [2.24, 2.45) is 4.99 Å². The van der Waals surface area contributed by atoms with E-state index in [-0.39, 0.29) is 36.4 Å². The summed E-state index contributed by atoms with van der Waals surface area (Å²) in [6.45, 7) is 3.87. The number of aliphatic imine (C=N–C) groups is 1. The minimum atomic E-state index is -0.0381. The highest BCUT2D eigenvalue weighted by molar-refractivity contribution is 14.0. The lowest BCUT2D eigenvalue weighted by atomic mass is 10.2. The van der Waals surface area contributed by atoms with Crippen molar-refractivity contribution in [3.8, 4) is 0 Å². The largest absolute Gasteiger partial charge is 0.350 e. The van der Waals surface area contributed by atoms with Crippen LogP contribution in [0.25, 0.3) is 0 Å². The summed E-state index contributed by atoms with van der Waals surface area (Å²) in [6, 6.07) is 9.87. The molecule has 0 aliphatic rings. The van der Waals surface area contributed by atoms with Gasteiger partial charge in [-0.2, -0.15) is 0 Å². The zero-order valence-corrected chi connectivity index (χ0v) is 16.0. The molecular weight excluding hydrogens is 391 g/mol. The van der Waals surface area contributed by atoms with Crippen molar-refractivity contribution >= 4 is 35.8 Å². The first-order chi connectivity index (χ1) is 10.2. The molecule has 0 saturated carbocycles. The van der Waals surface area contributed by atoms with E-state index >= 15 is 0 Å². The van der Waals surface area contributed by atoms with Gasteiger partial charge in [0, 0.05) is 27.2 Å². The highest BCUT2D eigenvalue weighted by Gasteiger charge is 2.07. The van der Waals surface area contributed by atoms with Gasteiger partial charge in [-0.3, -0.25) is 9.79 Å². The molecule has 0 aliphatic carbocycles. The maximum absolute atomic E-state index is 11.8. The molecule has 0 bridgehead atoms. The van der Waals surface area contributed by atoms with Gasteiger partial charge in [-0.1, -0.05) is 43.7 Å². The van der Waals surface area contributed by atoms with E-state index in [1.54, 1.807) is 7.05 Å². The molecule has 22 heavy (non-hydrogen) atoms. The van der Waals surface area contributed by atoms with Crippen molar-refractivity contribution < 1.29 is 4.79 Å². The molecule has 0 radical (unpaired) electrons. The molecule has 0 heterocycles. The minimum Gasteiger partial charge on any atom is -0.350 e. The van der Waals surface area contributed by atoms with Crippen LogP contribution in [0.15, 0.2) is 35.3 Å². The van der Waals surface area contributed by atoms with Gasteiger partial charge >= 0.3 is 0 Å². The fourth-order valence-electron chi connectivity index (χ4n) is 1.90. The SMILES string of the molecule is CCCCN(C)C(=NC)NCC(=O)NCc1ccccc1.I. The Labute approximate surface area is 150 Å². The molecule has 1 rings (SSSR count). The zero-order chi connectivity index (χ0) is 15.5. The van der Waals surface area contributed by atoms with E-state index in [0.29, 0.717) is 6.54 Å². The zero-order valence-electron chi connectivity index (χ0n) is 13.6. The summed E-state index contributed by atoms with van der Waals surface area (Å²) >= 11 is 0. The number of carbonyl (C=O) groups is 1. The molecule has 0 atom stereocenters. The first kappa shape index (κ1) is 20.7. The summed E-state index contributed by atoms with van der Waals surface area (Å²) in [6.07, 6.45) is 2.25. The van der Waals surface area contributed by atoms with Gasteiger partial charge in [0.2, 0.25) is 5.91 Å². The van der Waals surface area contributed by atoms with Gasteiger partial charge in [0.1, 0.15) is 0 Å². The van der Waals surface area contributed by atoms with E-state index in [9.17, 15) is 4.79 Å². The number of nitrogens with zero attached hydrogens (tertiary/aromatic N) is 2. The molecule has 5 nitrogen and oxygen atoms in total. The number of nitrogens with one attached hydrogen (secondary N) is 2. The lowest BCUT2D eigenvalue weighted by molar-refractivity contribution is -0.120. The quantitative estimate of drug-likeness (QED) is 0.406. The highest BCUT2D eigenvalue weighted by atomic mass is 127. The Balaban J connectivity index is 0.00000441. The average Bonchev–Trinajstić information content (AvgIpc) is 2.52. The topological polar surface area (TPSA) is 56.7 Å². The molecule has 0 fully saturated rings. The Bertz CT molecular complexity index is 451. The Morgan fingerprint density at radius 2 is 1.91 bits per heavy atom. The maximum Gasteiger partial charge on any atom is 0.239 e. The summed E-state index contributed by atoms with van der Waals surface area (Å²) in [5.74, 6) is 0.710. The second kappa shape index (κ2) is 12.3. The Morgan fingerprint density at radius 3 is 2.50 bits per heavy atom. The molecule has 124 valence electrons. The van der Waals surface area contributed by atoms with Crippen molar-refractivity contribution in [2.75, 3.05) is 27.2 Å². The maximum atomic E-state index is 11.8. The molecule has 1 amide bonds. The van der Waals surface area contributed by atoms with E-state index in [2.05, 4.69) is 22.5 Å². The fraction of sp³-hybridized carbons (Fsp3) is 0.500. The lowest BCUT2D eigenvalue weighted by Gasteiger charge is -2.21. The number of halogens is 1. The van der Waals surface area contributed by atoms with Crippen LogP contribution in [-0.4, -0.2) is 44.0 Å². The standard InChI is InChI=1S/C16H26N4O.HI/c1-4-5-11-20(3)16(17-2)19-13-15(21)18-12-14-9-7-6-8-10-14;/h6-10H,4-5,11-13H2,1-3H3,(H,17,19)(H,18,21);1H. The van der Waals surface area contributed by atoms with Gasteiger partial charge in [-0.15, -0.1) is 24.0 Å². The van der Waals surface area contributed by atoms with Gasteiger partial charge in [0.05, 0.1) is 6.54 Å². The van der Waals surface area contributed by atoms with E-state index in [1.807, 2.05) is 42.3 Å². The van der Waals surface area contributed by atoms with E-state index in [1.165, 1.54) is 0 Å². The van der Waals surface area contributed by atoms with Crippen LogP contribution in [0.1, 0.15) is 25.3 Å². The Morgan fingerprint density at radius 1 is 1.23 bits per heavy atom. The Hall–Kier alpha value is -1.31. The molecule has 0 aromatic heterocycles. The lowest BCUT2D eigenvalue weighted by Crippen LogP contribution is -2.44. The van der Waals surface area contributed by atoms with Crippen LogP contribution in [0, 0.1) is 0 Å². The summed E-state index contributed by atoms with van der Waals surface area (Å²) in [4.78, 5) is 18.0. The molecule has 2 N–H and O–H groups in total. The van der Waals surface area contributed by atoms with Crippen molar-refractivity contribution in [1.82, 2.24) is 15.5 Å². The number of amides is 1. The first-order valence-electron chi connectivity index (χ1n) is 7.39. The van der Waals surface area contributed by atoms with Gasteiger partial charge in [-0.05, 0) is 12.0 Å². The summed E-state index contributed by atoms with van der Waals surface area (Å²) < 4.78 is 0. The molecule has 0 unspecified atom stereocenters. The first-order valence-corrected chi connectivity index (χ1v) is 7.39. The van der Waals surface area contributed by atoms with E-state index in [0.717, 1.165) is 30.9 Å². The van der Waals surface area contributed by atoms with Gasteiger partial charge in [0.15, 0.2) is 5.96 Å². The van der Waals surface area contributed by atoms with Crippen LogP contribution in [-0.2, 0) is 11.3 Å². The third kappa shape index (κ3) is 8.21. The molecule has 1 aromatic carbocycles. The van der Waals surface area contributed by atoms with Gasteiger partial charge in [-0.25, -0.2) is 0 Å². The molecular formula is C16H27IN4O. The molecule has 0 saturated heterocycles. The predicted octanol–water partition coefficient (Wildman–Crippen LogP) is 2.23. The summed E-state index contributed by atoms with van der Waals surface area (Å²) in [5, 5.41) is 5.96. The average molecular weight is 418 g/mol. The van der Waals surface area contributed by atoms with Crippen molar-refractivity contribution in [3.63, 3.8) is 0 Å². The fourth-order valence-corrected chi connectivity index (χ4v) is 1.90. The third-order valence-electron chi connectivity index (χ3n) is 3.16. The molecule has 6 heteroatoms. The van der Waals surface area contributed by atoms with Crippen LogP contribution >= 0.6 is 24.0 Å². The normalized spacial score (nSPS) is 10.6. The van der Waals surface area contributed by atoms with Crippen molar-refractivity contribution in [1.29, 1.82) is 0 Å². The van der Waals surface area contributed by atoms with Crippen molar-refractivity contribution in [3.05, 3.63) is 35.9 Å². The summed E-state index contributed by atoms with van der Waals surface area (Å²) in [7, 11) is 3.71. The highest BCUT2D eigenvalue weighted by Crippen LogP contribution is 1.97. The molecule has 0 spiro atoms. The summed E-state index contributed by atoms with van der Waals surface area (Å²) in [5.41, 5.74) is 1.09. The van der Waals surface area contributed by atoms with Crippen LogP contribution in [0.3, 0.4) is 0 Å².